The van der Waals surface area contributed by atoms with E-state index in [1.165, 1.54) is 11.3 Å². The molecule has 0 aromatic carbocycles. The average Bonchev–Trinajstić information content (AvgIpc) is 3.28. The third-order valence-corrected chi connectivity index (χ3v) is 5.84. The van der Waals surface area contributed by atoms with E-state index >= 15 is 0 Å². The smallest absolute Gasteiger partial charge is 0.230 e. The number of fused-ring (bicyclic) bond motifs is 3. The first-order valence-corrected chi connectivity index (χ1v) is 9.43. The summed E-state index contributed by atoms with van der Waals surface area (Å²) < 4.78 is 6.98. The Morgan fingerprint density at radius 3 is 3.16 bits per heavy atom. The fourth-order valence-electron chi connectivity index (χ4n) is 3.97. The van der Waals surface area contributed by atoms with Crippen molar-refractivity contribution in [3.63, 3.8) is 0 Å². The van der Waals surface area contributed by atoms with Crippen LogP contribution < -0.4 is 5.32 Å². The van der Waals surface area contributed by atoms with Crippen molar-refractivity contribution in [3.05, 3.63) is 23.5 Å². The van der Waals surface area contributed by atoms with Crippen LogP contribution in [-0.2, 0) is 22.7 Å². The molecule has 5 rings (SSSR count). The molecule has 2 aromatic heterocycles. The Hall–Kier alpha value is -1.84. The van der Waals surface area contributed by atoms with E-state index in [4.69, 9.17) is 4.74 Å². The largest absolute Gasteiger partial charge is 0.378 e. The zero-order chi connectivity index (χ0) is 17.2. The van der Waals surface area contributed by atoms with Gasteiger partial charge in [0, 0.05) is 31.3 Å². The molecule has 3 aliphatic rings. The van der Waals surface area contributed by atoms with Gasteiger partial charge in [0.2, 0.25) is 5.91 Å². The summed E-state index contributed by atoms with van der Waals surface area (Å²) in [5, 5.41) is 13.8. The summed E-state index contributed by atoms with van der Waals surface area (Å²) in [6.07, 6.45) is 5.76. The maximum atomic E-state index is 12.6. The SMILES string of the molecule is COCc1cn(C[C@H]2C[C@H]3CCN2C[C@@H]3C(=O)Nc2nccs2)nn1. The van der Waals surface area contributed by atoms with Crippen molar-refractivity contribution in [2.24, 2.45) is 11.8 Å². The highest BCUT2D eigenvalue weighted by Gasteiger charge is 2.43. The minimum Gasteiger partial charge on any atom is -0.378 e. The summed E-state index contributed by atoms with van der Waals surface area (Å²) in [6, 6.07) is 0.416. The van der Waals surface area contributed by atoms with Crippen molar-refractivity contribution >= 4 is 22.4 Å². The highest BCUT2D eigenvalue weighted by atomic mass is 32.1. The molecule has 1 amide bonds. The number of anilines is 1. The van der Waals surface area contributed by atoms with E-state index in [1.54, 1.807) is 13.3 Å². The number of carbonyl (C=O) groups excluding carboxylic acids is 1. The van der Waals surface area contributed by atoms with Gasteiger partial charge in [0.05, 0.1) is 25.3 Å². The lowest BCUT2D eigenvalue weighted by Crippen LogP contribution is -2.57. The third-order valence-electron chi connectivity index (χ3n) is 5.15. The van der Waals surface area contributed by atoms with Gasteiger partial charge in [0.1, 0.15) is 5.69 Å². The summed E-state index contributed by atoms with van der Waals surface area (Å²) >= 11 is 1.46. The predicted molar refractivity (Wildman–Crippen MR) is 93.1 cm³/mol. The monoisotopic (exact) mass is 362 g/mol. The molecule has 2 aromatic rings. The van der Waals surface area contributed by atoms with Crippen molar-refractivity contribution < 1.29 is 9.53 Å². The van der Waals surface area contributed by atoms with Crippen molar-refractivity contribution in [2.75, 3.05) is 25.5 Å². The Morgan fingerprint density at radius 2 is 2.44 bits per heavy atom. The van der Waals surface area contributed by atoms with Crippen LogP contribution in [0.15, 0.2) is 17.8 Å². The van der Waals surface area contributed by atoms with Gasteiger partial charge in [0.15, 0.2) is 5.13 Å². The topological polar surface area (TPSA) is 85.2 Å². The number of carbonyl (C=O) groups is 1. The number of thiazole rings is 1. The number of piperidine rings is 3. The lowest BCUT2D eigenvalue weighted by atomic mass is 9.75. The van der Waals surface area contributed by atoms with Crippen LogP contribution in [0.5, 0.6) is 0 Å². The molecule has 3 aliphatic heterocycles. The second-order valence-electron chi connectivity index (χ2n) is 6.73. The van der Waals surface area contributed by atoms with Gasteiger partial charge in [-0.1, -0.05) is 5.21 Å². The first kappa shape index (κ1) is 16.6. The molecule has 1 unspecified atom stereocenters. The van der Waals surface area contributed by atoms with Crippen LogP contribution in [0.4, 0.5) is 5.13 Å². The van der Waals surface area contributed by atoms with E-state index in [2.05, 4.69) is 25.5 Å². The molecule has 9 heteroatoms. The zero-order valence-electron chi connectivity index (χ0n) is 14.2. The maximum absolute atomic E-state index is 12.6. The van der Waals surface area contributed by atoms with E-state index in [1.807, 2.05) is 16.3 Å². The molecule has 1 N–H and O–H groups in total. The van der Waals surface area contributed by atoms with E-state index in [0.29, 0.717) is 23.7 Å². The minimum absolute atomic E-state index is 0.0497. The Morgan fingerprint density at radius 1 is 1.52 bits per heavy atom. The highest BCUT2D eigenvalue weighted by molar-refractivity contribution is 7.13. The standard InChI is InChI=1S/C16H22N6O2S/c1-24-10-12-7-22(20-19-12)8-13-6-11-2-4-21(13)9-14(11)15(23)18-16-17-3-5-25-16/h3,5,7,11,13-14H,2,4,6,8-10H2,1H3,(H,17,18,23)/t11-,13-,14+/m1/s1. The molecule has 0 aliphatic carbocycles. The summed E-state index contributed by atoms with van der Waals surface area (Å²) in [7, 11) is 1.65. The normalized spacial score (nSPS) is 28.2. The lowest BCUT2D eigenvalue weighted by molar-refractivity contribution is -0.127. The molecule has 5 heterocycles. The average molecular weight is 362 g/mol. The fourth-order valence-corrected chi connectivity index (χ4v) is 4.50. The number of nitrogens with one attached hydrogen (secondary N) is 1. The molecule has 25 heavy (non-hydrogen) atoms. The van der Waals surface area contributed by atoms with Gasteiger partial charge in [-0.3, -0.25) is 14.4 Å². The molecule has 2 bridgehead atoms. The summed E-state index contributed by atoms with van der Waals surface area (Å²) in [6.45, 7) is 3.16. The molecular weight excluding hydrogens is 340 g/mol. The van der Waals surface area contributed by atoms with Crippen LogP contribution in [0, 0.1) is 11.8 Å². The maximum Gasteiger partial charge on any atom is 0.230 e. The molecule has 0 saturated carbocycles. The van der Waals surface area contributed by atoms with Crippen LogP contribution in [0.25, 0.3) is 0 Å². The Balaban J connectivity index is 1.37. The molecular formula is C16H22N6O2S. The van der Waals surface area contributed by atoms with Gasteiger partial charge in [-0.2, -0.15) is 0 Å². The molecule has 0 radical (unpaired) electrons. The van der Waals surface area contributed by atoms with Crippen LogP contribution in [-0.4, -0.2) is 57.0 Å². The number of hydrogen-bond donors (Lipinski definition) is 1. The van der Waals surface area contributed by atoms with E-state index in [0.717, 1.165) is 38.2 Å². The van der Waals surface area contributed by atoms with E-state index in [9.17, 15) is 4.79 Å². The Bertz CT molecular complexity index is 718. The van der Waals surface area contributed by atoms with Gasteiger partial charge >= 0.3 is 0 Å². The minimum atomic E-state index is 0.0497. The summed E-state index contributed by atoms with van der Waals surface area (Å²) in [5.41, 5.74) is 0.846. The van der Waals surface area contributed by atoms with E-state index < -0.39 is 0 Å². The molecule has 134 valence electrons. The Labute approximate surface area is 150 Å². The number of hydrogen-bond acceptors (Lipinski definition) is 7. The number of amides is 1. The lowest BCUT2D eigenvalue weighted by Gasteiger charge is -2.49. The van der Waals surface area contributed by atoms with Crippen LogP contribution in [0.2, 0.25) is 0 Å². The first-order chi connectivity index (χ1) is 12.2. The van der Waals surface area contributed by atoms with Crippen molar-refractivity contribution in [1.82, 2.24) is 24.9 Å². The van der Waals surface area contributed by atoms with Crippen molar-refractivity contribution in [3.8, 4) is 0 Å². The van der Waals surface area contributed by atoms with Gasteiger partial charge in [-0.15, -0.1) is 16.4 Å². The van der Waals surface area contributed by atoms with Gasteiger partial charge < -0.3 is 10.1 Å². The number of methoxy groups -OCH3 is 1. The van der Waals surface area contributed by atoms with Crippen molar-refractivity contribution in [1.29, 1.82) is 0 Å². The van der Waals surface area contributed by atoms with Crippen LogP contribution >= 0.6 is 11.3 Å². The Kier molecular flexibility index (Phi) is 4.78. The molecule has 3 fully saturated rings. The van der Waals surface area contributed by atoms with Gasteiger partial charge in [-0.05, 0) is 25.3 Å². The van der Waals surface area contributed by atoms with Crippen LogP contribution in [0.3, 0.4) is 0 Å². The zero-order valence-corrected chi connectivity index (χ0v) is 15.0. The highest BCUT2D eigenvalue weighted by Crippen LogP contribution is 2.37. The molecule has 3 saturated heterocycles. The fraction of sp³-hybridized carbons (Fsp3) is 0.625. The van der Waals surface area contributed by atoms with Gasteiger partial charge in [-0.25, -0.2) is 4.98 Å². The molecule has 4 atom stereocenters. The molecule has 8 nitrogen and oxygen atoms in total. The predicted octanol–water partition coefficient (Wildman–Crippen LogP) is 1.23. The quantitative estimate of drug-likeness (QED) is 0.832. The molecule has 0 spiro atoms. The van der Waals surface area contributed by atoms with Crippen molar-refractivity contribution in [2.45, 2.75) is 32.0 Å². The van der Waals surface area contributed by atoms with Gasteiger partial charge in [0.25, 0.3) is 0 Å². The van der Waals surface area contributed by atoms with Crippen LogP contribution in [0.1, 0.15) is 18.5 Å². The number of nitrogens with zero attached hydrogens (tertiary/aromatic N) is 5. The second-order valence-corrected chi connectivity index (χ2v) is 7.63. The summed E-state index contributed by atoms with van der Waals surface area (Å²) in [4.78, 5) is 19.1. The number of ether oxygens (including phenoxy) is 1. The number of rotatable bonds is 6. The summed E-state index contributed by atoms with van der Waals surface area (Å²) in [5.74, 6) is 0.580. The first-order valence-electron chi connectivity index (χ1n) is 8.55. The second kappa shape index (κ2) is 7.19. The van der Waals surface area contributed by atoms with E-state index in [-0.39, 0.29) is 11.8 Å². The third kappa shape index (κ3) is 3.58. The number of aromatic nitrogens is 4.